The van der Waals surface area contributed by atoms with E-state index in [0.717, 1.165) is 11.6 Å². The van der Waals surface area contributed by atoms with Gasteiger partial charge in [-0.05, 0) is 12.1 Å². The number of nitrogen functional groups attached to an aromatic ring is 1. The minimum absolute atomic E-state index is 0.0544. The molecular weight excluding hydrogens is 212 g/mol. The quantitative estimate of drug-likeness (QED) is 0.787. The zero-order chi connectivity index (χ0) is 11.1. The molecule has 0 radical (unpaired) electrons. The molecule has 0 bridgehead atoms. The number of nitrogens with two attached hydrogens (primary N) is 1. The highest BCUT2D eigenvalue weighted by molar-refractivity contribution is 7.90. The van der Waals surface area contributed by atoms with Gasteiger partial charge < -0.3 is 5.73 Å². The van der Waals surface area contributed by atoms with Crippen LogP contribution in [0.3, 0.4) is 0 Å². The van der Waals surface area contributed by atoms with Gasteiger partial charge in [0.15, 0.2) is 14.9 Å². The van der Waals surface area contributed by atoms with Crippen molar-refractivity contribution in [1.82, 2.24) is 4.98 Å². The number of hydrogen-bond acceptors (Lipinski definition) is 4. The molecule has 0 aliphatic carbocycles. The first-order chi connectivity index (χ1) is 6.98. The number of hydrogen-bond donors (Lipinski definition) is 1. The molecule has 0 saturated heterocycles. The fraction of sp³-hybridized carbons (Fsp3) is 0.100. The Labute approximate surface area is 87.7 Å². The molecule has 5 heteroatoms. The average molecular weight is 222 g/mol. The van der Waals surface area contributed by atoms with Gasteiger partial charge in [-0.1, -0.05) is 18.2 Å². The molecule has 1 heterocycles. The van der Waals surface area contributed by atoms with Gasteiger partial charge in [0, 0.05) is 11.6 Å². The van der Waals surface area contributed by atoms with E-state index < -0.39 is 9.84 Å². The second-order valence-corrected chi connectivity index (χ2v) is 5.28. The number of fused-ring (bicyclic) bond motifs is 1. The number of aromatic nitrogens is 1. The highest BCUT2D eigenvalue weighted by Gasteiger charge is 2.14. The Balaban J connectivity index is 2.84. The zero-order valence-corrected chi connectivity index (χ0v) is 8.95. The lowest BCUT2D eigenvalue weighted by Crippen LogP contribution is -2.05. The normalized spacial score (nSPS) is 11.8. The van der Waals surface area contributed by atoms with Crippen molar-refractivity contribution in [1.29, 1.82) is 0 Å². The first kappa shape index (κ1) is 9.92. The van der Waals surface area contributed by atoms with Crippen molar-refractivity contribution in [3.63, 3.8) is 0 Å². The molecule has 0 atom stereocenters. The molecule has 0 aliphatic heterocycles. The summed E-state index contributed by atoms with van der Waals surface area (Å²) in [5, 5.41) is 0.781. The molecule has 0 unspecified atom stereocenters. The second kappa shape index (κ2) is 3.20. The summed E-state index contributed by atoms with van der Waals surface area (Å²) >= 11 is 0. The Kier molecular flexibility index (Phi) is 2.12. The van der Waals surface area contributed by atoms with E-state index in [1.54, 1.807) is 18.2 Å². The van der Waals surface area contributed by atoms with Gasteiger partial charge in [0.25, 0.3) is 0 Å². The third-order valence-electron chi connectivity index (χ3n) is 2.07. The van der Waals surface area contributed by atoms with Gasteiger partial charge in [0.2, 0.25) is 0 Å². The molecule has 0 saturated carbocycles. The lowest BCUT2D eigenvalue weighted by atomic mass is 10.2. The third-order valence-corrected chi connectivity index (χ3v) is 3.10. The molecular formula is C10H10N2O2S. The Morgan fingerprint density at radius 1 is 1.27 bits per heavy atom. The number of rotatable bonds is 1. The standard InChI is InChI=1S/C10H10N2O2S/c1-15(13,14)10-8(11)6-7-4-2-3-5-9(7)12-10/h2-6H,11H2,1H3. The Morgan fingerprint density at radius 3 is 2.60 bits per heavy atom. The van der Waals surface area contributed by atoms with Crippen LogP contribution in [0.2, 0.25) is 0 Å². The summed E-state index contributed by atoms with van der Waals surface area (Å²) in [6.07, 6.45) is 1.10. The monoisotopic (exact) mass is 222 g/mol. The van der Waals surface area contributed by atoms with Crippen molar-refractivity contribution in [3.8, 4) is 0 Å². The molecule has 2 aromatic rings. The van der Waals surface area contributed by atoms with Crippen molar-refractivity contribution in [2.45, 2.75) is 5.03 Å². The first-order valence-corrected chi connectivity index (χ1v) is 6.23. The second-order valence-electron chi connectivity index (χ2n) is 3.35. The van der Waals surface area contributed by atoms with Crippen molar-refractivity contribution in [3.05, 3.63) is 30.3 Å². The number of sulfone groups is 1. The molecule has 0 amide bonds. The van der Waals surface area contributed by atoms with Crippen molar-refractivity contribution in [2.24, 2.45) is 0 Å². The summed E-state index contributed by atoms with van der Waals surface area (Å²) in [6, 6.07) is 8.87. The topological polar surface area (TPSA) is 73.0 Å². The fourth-order valence-corrected chi connectivity index (χ4v) is 2.16. The molecule has 0 spiro atoms. The van der Waals surface area contributed by atoms with Crippen LogP contribution in [0.4, 0.5) is 5.69 Å². The van der Waals surface area contributed by atoms with E-state index in [2.05, 4.69) is 4.98 Å². The van der Waals surface area contributed by atoms with Gasteiger partial charge in [-0.3, -0.25) is 0 Å². The molecule has 78 valence electrons. The van der Waals surface area contributed by atoms with Gasteiger partial charge >= 0.3 is 0 Å². The summed E-state index contributed by atoms with van der Waals surface area (Å²) in [5.74, 6) is 0. The van der Waals surface area contributed by atoms with Crippen LogP contribution in [0.15, 0.2) is 35.4 Å². The molecule has 2 N–H and O–H groups in total. The smallest absolute Gasteiger partial charge is 0.194 e. The van der Waals surface area contributed by atoms with Crippen LogP contribution in [-0.2, 0) is 9.84 Å². The van der Waals surface area contributed by atoms with E-state index >= 15 is 0 Å². The molecule has 0 aliphatic rings. The number of pyridine rings is 1. The molecule has 1 aromatic carbocycles. The van der Waals surface area contributed by atoms with Crippen LogP contribution in [0.5, 0.6) is 0 Å². The largest absolute Gasteiger partial charge is 0.396 e. The molecule has 2 rings (SSSR count). The summed E-state index contributed by atoms with van der Waals surface area (Å²) in [4.78, 5) is 4.03. The van der Waals surface area contributed by atoms with E-state index in [1.165, 1.54) is 0 Å². The minimum atomic E-state index is -3.36. The van der Waals surface area contributed by atoms with E-state index in [0.29, 0.717) is 5.52 Å². The number of nitrogens with zero attached hydrogens (tertiary/aromatic N) is 1. The number of para-hydroxylation sites is 1. The van der Waals surface area contributed by atoms with E-state index in [-0.39, 0.29) is 10.7 Å². The van der Waals surface area contributed by atoms with E-state index in [9.17, 15) is 8.42 Å². The minimum Gasteiger partial charge on any atom is -0.396 e. The highest BCUT2D eigenvalue weighted by Crippen LogP contribution is 2.21. The summed E-state index contributed by atoms with van der Waals surface area (Å²) in [7, 11) is -3.36. The lowest BCUT2D eigenvalue weighted by Gasteiger charge is -2.04. The number of benzene rings is 1. The van der Waals surface area contributed by atoms with Gasteiger partial charge in [-0.25, -0.2) is 13.4 Å². The van der Waals surface area contributed by atoms with Crippen molar-refractivity contribution < 1.29 is 8.42 Å². The summed E-state index contributed by atoms with van der Waals surface area (Å²) in [5.41, 5.74) is 6.45. The first-order valence-electron chi connectivity index (χ1n) is 4.34. The Bertz CT molecular complexity index is 620. The van der Waals surface area contributed by atoms with E-state index in [1.807, 2.05) is 12.1 Å². The average Bonchev–Trinajstić information content (AvgIpc) is 2.15. The van der Waals surface area contributed by atoms with Gasteiger partial charge in [0.05, 0.1) is 11.2 Å². The maximum Gasteiger partial charge on any atom is 0.194 e. The van der Waals surface area contributed by atoms with Gasteiger partial charge in [-0.2, -0.15) is 0 Å². The summed E-state index contributed by atoms with van der Waals surface area (Å²) in [6.45, 7) is 0. The Morgan fingerprint density at radius 2 is 1.93 bits per heavy atom. The molecule has 15 heavy (non-hydrogen) atoms. The lowest BCUT2D eigenvalue weighted by molar-refractivity contribution is 0.599. The maximum atomic E-state index is 11.4. The van der Waals surface area contributed by atoms with Gasteiger partial charge in [0.1, 0.15) is 0 Å². The van der Waals surface area contributed by atoms with Crippen molar-refractivity contribution in [2.75, 3.05) is 12.0 Å². The highest BCUT2D eigenvalue weighted by atomic mass is 32.2. The van der Waals surface area contributed by atoms with Crippen LogP contribution >= 0.6 is 0 Å². The van der Waals surface area contributed by atoms with Gasteiger partial charge in [-0.15, -0.1) is 0 Å². The Hall–Kier alpha value is -1.62. The zero-order valence-electron chi connectivity index (χ0n) is 8.14. The van der Waals surface area contributed by atoms with Crippen LogP contribution in [-0.4, -0.2) is 19.7 Å². The predicted octanol–water partition coefficient (Wildman–Crippen LogP) is 1.22. The van der Waals surface area contributed by atoms with E-state index in [4.69, 9.17) is 5.73 Å². The number of anilines is 1. The van der Waals surface area contributed by atoms with Crippen LogP contribution < -0.4 is 5.73 Å². The fourth-order valence-electron chi connectivity index (χ4n) is 1.41. The maximum absolute atomic E-state index is 11.4. The predicted molar refractivity (Wildman–Crippen MR) is 59.3 cm³/mol. The molecule has 1 aromatic heterocycles. The SMILES string of the molecule is CS(=O)(=O)c1nc2ccccc2cc1N. The van der Waals surface area contributed by atoms with Crippen LogP contribution in [0.1, 0.15) is 0 Å². The van der Waals surface area contributed by atoms with Crippen LogP contribution in [0.25, 0.3) is 10.9 Å². The summed E-state index contributed by atoms with van der Waals surface area (Å²) < 4.78 is 22.7. The van der Waals surface area contributed by atoms with Crippen molar-refractivity contribution >= 4 is 26.4 Å². The van der Waals surface area contributed by atoms with Crippen LogP contribution in [0, 0.1) is 0 Å². The molecule has 0 fully saturated rings. The third kappa shape index (κ3) is 1.78. The molecule has 4 nitrogen and oxygen atoms in total.